The quantitative estimate of drug-likeness (QED) is 0.0431. The fourth-order valence-corrected chi connectivity index (χ4v) is 11.4. The molecule has 0 aromatic heterocycles. The van der Waals surface area contributed by atoms with Crippen LogP contribution in [0.4, 0.5) is 0 Å². The van der Waals surface area contributed by atoms with Gasteiger partial charge in [0.05, 0.1) is 55.1 Å². The van der Waals surface area contributed by atoms with Crippen molar-refractivity contribution in [3.63, 3.8) is 0 Å². The first-order chi connectivity index (χ1) is 40.2. The first kappa shape index (κ1) is 64.5. The molecule has 4 aliphatic rings. The maximum atomic E-state index is 14.1. The van der Waals surface area contributed by atoms with E-state index >= 15 is 0 Å². The molecule has 0 saturated carbocycles. The molecular formula is C59H75N7O19. The van der Waals surface area contributed by atoms with Crippen LogP contribution in [0.25, 0.3) is 0 Å². The molecule has 0 radical (unpaired) electrons. The molecule has 26 heteroatoms. The van der Waals surface area contributed by atoms with Gasteiger partial charge in [-0.2, -0.15) is 0 Å². The van der Waals surface area contributed by atoms with Crippen molar-refractivity contribution in [2.45, 2.75) is 153 Å². The zero-order chi connectivity index (χ0) is 62.4. The van der Waals surface area contributed by atoms with Crippen molar-refractivity contribution >= 4 is 58.7 Å². The van der Waals surface area contributed by atoms with Crippen LogP contribution >= 0.6 is 0 Å². The Morgan fingerprint density at radius 2 is 1.41 bits per heavy atom. The number of nitrogens with one attached hydrogen (secondary N) is 6. The summed E-state index contributed by atoms with van der Waals surface area (Å²) in [6.45, 7) is 8.01. The summed E-state index contributed by atoms with van der Waals surface area (Å²) in [5.74, 6) is -9.54. The summed E-state index contributed by atoms with van der Waals surface area (Å²) in [4.78, 5) is 137. The molecule has 0 bridgehead atoms. The summed E-state index contributed by atoms with van der Waals surface area (Å²) in [6.07, 6.45) is -6.16. The number of phenols is 3. The molecule has 2 fully saturated rings. The number of fused-ring (bicyclic) bond motifs is 3. The Bertz CT molecular complexity index is 3100. The number of amides is 7. The number of aliphatic hydroxyl groups is 3. The first-order valence-corrected chi connectivity index (χ1v) is 28.2. The van der Waals surface area contributed by atoms with Gasteiger partial charge in [-0.05, 0) is 68.2 Å². The normalized spacial score (nSPS) is 22.7. The number of aliphatic hydroxyl groups excluding tert-OH is 2. The minimum Gasteiger partial charge on any atom is -0.508 e. The molecule has 7 rings (SSSR count). The second-order valence-corrected chi connectivity index (χ2v) is 22.8. The lowest BCUT2D eigenvalue weighted by atomic mass is 9.72. The second kappa shape index (κ2) is 27.3. The van der Waals surface area contributed by atoms with Crippen molar-refractivity contribution in [2.75, 3.05) is 33.4 Å². The molecule has 2 aliphatic heterocycles. The summed E-state index contributed by atoms with van der Waals surface area (Å²) < 4.78 is 17.6. The predicted molar refractivity (Wildman–Crippen MR) is 299 cm³/mol. The Labute approximate surface area is 489 Å². The van der Waals surface area contributed by atoms with Crippen LogP contribution < -0.4 is 36.6 Å². The average Bonchev–Trinajstić information content (AvgIpc) is 1.30. The van der Waals surface area contributed by atoms with Gasteiger partial charge in [0.25, 0.3) is 0 Å². The van der Waals surface area contributed by atoms with Gasteiger partial charge >= 0.3 is 0 Å². The zero-order valence-electron chi connectivity index (χ0n) is 48.3. The van der Waals surface area contributed by atoms with Crippen molar-refractivity contribution in [1.29, 1.82) is 0 Å². The van der Waals surface area contributed by atoms with Gasteiger partial charge in [-0.1, -0.05) is 52.0 Å². The van der Waals surface area contributed by atoms with Crippen LogP contribution in [-0.4, -0.2) is 182 Å². The van der Waals surface area contributed by atoms with E-state index in [1.54, 1.807) is 13.8 Å². The molecule has 0 spiro atoms. The zero-order valence-corrected chi connectivity index (χ0v) is 48.3. The van der Waals surface area contributed by atoms with E-state index in [2.05, 4.69) is 31.9 Å². The highest BCUT2D eigenvalue weighted by atomic mass is 16.7. The van der Waals surface area contributed by atoms with E-state index in [9.17, 15) is 78.6 Å². The summed E-state index contributed by atoms with van der Waals surface area (Å²) >= 11 is 0. The summed E-state index contributed by atoms with van der Waals surface area (Å²) in [5.41, 5.74) is -4.16. The Balaban J connectivity index is 1.03. The van der Waals surface area contributed by atoms with Crippen LogP contribution in [0.15, 0.2) is 42.5 Å². The lowest BCUT2D eigenvalue weighted by molar-refractivity contribution is -0.249. The lowest BCUT2D eigenvalue weighted by Gasteiger charge is -2.43. The Morgan fingerprint density at radius 1 is 0.788 bits per heavy atom. The van der Waals surface area contributed by atoms with Gasteiger partial charge in [0.15, 0.2) is 17.9 Å². The van der Waals surface area contributed by atoms with E-state index in [1.165, 1.54) is 68.3 Å². The predicted octanol–water partition coefficient (Wildman–Crippen LogP) is -0.103. The van der Waals surface area contributed by atoms with Gasteiger partial charge in [0, 0.05) is 55.8 Å². The van der Waals surface area contributed by atoms with Gasteiger partial charge in [0.1, 0.15) is 65.5 Å². The molecule has 460 valence electrons. The number of carbonyl (C=O) groups excluding carboxylic acids is 10. The van der Waals surface area contributed by atoms with Gasteiger partial charge in [-0.25, -0.2) is 0 Å². The molecule has 2 saturated heterocycles. The molecule has 85 heavy (non-hydrogen) atoms. The van der Waals surface area contributed by atoms with Crippen LogP contribution in [0.3, 0.4) is 0 Å². The van der Waals surface area contributed by atoms with Crippen molar-refractivity contribution in [2.24, 2.45) is 11.8 Å². The van der Waals surface area contributed by atoms with Crippen LogP contribution in [0, 0.1) is 11.8 Å². The topological polar surface area (TPSA) is 395 Å². The van der Waals surface area contributed by atoms with E-state index in [0.717, 1.165) is 0 Å². The maximum absolute atomic E-state index is 14.1. The highest BCUT2D eigenvalue weighted by Gasteiger charge is 2.51. The first-order valence-electron chi connectivity index (χ1n) is 28.2. The summed E-state index contributed by atoms with van der Waals surface area (Å²) in [6, 6.07) is 4.31. The molecule has 10 atom stereocenters. The summed E-state index contributed by atoms with van der Waals surface area (Å²) in [7, 11) is 1.27. The number of hydrogen-bond acceptors (Lipinski definition) is 19. The number of phenolic OH excluding ortho intramolecular Hbond substituents is 3. The summed E-state index contributed by atoms with van der Waals surface area (Å²) in [5, 5.41) is 82.2. The number of nitrogens with zero attached hydrogens (tertiary/aromatic N) is 1. The lowest BCUT2D eigenvalue weighted by Crippen LogP contribution is -2.58. The van der Waals surface area contributed by atoms with Crippen LogP contribution in [0.2, 0.25) is 0 Å². The fraction of sp³-hybridized carbons (Fsp3) is 0.525. The standard InChI is InChI=1S/C59H75N7O19/c1-27(2)18-36(65-58(81)39-11-9-17-66(39)30(6)68)55(78)60-25-44(72)63-37(19-28(3)4)57(80)64-38(20-31-13-15-32(69)16-14-31)56(79)61-24-43(71)62-35-21-45(84-29(5)50(35)73)85-41-23-59(82,42(70)26-67)22-34-47(41)54(77)49-48(52(34)75)51(74)33-10-8-12-40(83-7)46(33)53(49)76/h8,10,12-16,27-29,35-39,41,45,50,67,69,73,75,77,82H,9,11,17-26H2,1-7H3,(H,60,78)(H,61,79)(H,62,71)(H,63,72)(H,64,80)(H,65,81)/t29-,35-,36-,37-,38-,39-,41-,45-,50+,59-/m0/s1. The van der Waals surface area contributed by atoms with Crippen molar-refractivity contribution < 1.29 is 92.8 Å². The number of aromatic hydroxyl groups is 3. The van der Waals surface area contributed by atoms with Crippen LogP contribution in [0.1, 0.15) is 135 Å². The molecule has 2 heterocycles. The number of methoxy groups -OCH3 is 1. The van der Waals surface area contributed by atoms with E-state index in [4.69, 9.17) is 14.2 Å². The maximum Gasteiger partial charge on any atom is 0.243 e. The minimum atomic E-state index is -2.46. The van der Waals surface area contributed by atoms with Crippen molar-refractivity contribution in [3.8, 4) is 23.0 Å². The smallest absolute Gasteiger partial charge is 0.243 e. The Morgan fingerprint density at radius 3 is 2.04 bits per heavy atom. The van der Waals surface area contributed by atoms with Gasteiger partial charge in [-0.15, -0.1) is 0 Å². The van der Waals surface area contributed by atoms with E-state index < -0.39 is 168 Å². The molecule has 0 unspecified atom stereocenters. The third kappa shape index (κ3) is 14.7. The Kier molecular flexibility index (Phi) is 20.7. The van der Waals surface area contributed by atoms with Crippen molar-refractivity contribution in [1.82, 2.24) is 36.8 Å². The number of Topliss-reactive ketones (excluding diaryl/α,β-unsaturated/α-hetero) is 1. The molecule has 3 aromatic rings. The highest BCUT2D eigenvalue weighted by molar-refractivity contribution is 6.31. The number of rotatable bonds is 23. The molecule has 26 nitrogen and oxygen atoms in total. The highest BCUT2D eigenvalue weighted by Crippen LogP contribution is 2.52. The molecular weight excluding hydrogens is 1110 g/mol. The molecule has 2 aliphatic carbocycles. The van der Waals surface area contributed by atoms with E-state index in [0.29, 0.717) is 24.9 Å². The number of carbonyl (C=O) groups is 10. The average molecular weight is 1190 g/mol. The number of ether oxygens (including phenoxy) is 3. The number of benzene rings is 3. The largest absolute Gasteiger partial charge is 0.508 e. The van der Waals surface area contributed by atoms with E-state index in [-0.39, 0.29) is 77.2 Å². The van der Waals surface area contributed by atoms with E-state index in [1.807, 2.05) is 13.8 Å². The van der Waals surface area contributed by atoms with Gasteiger partial charge in [-0.3, -0.25) is 47.9 Å². The molecule has 3 aromatic carbocycles. The minimum absolute atomic E-state index is 0.00195. The number of likely N-dealkylation sites (tertiary alicyclic amines) is 1. The van der Waals surface area contributed by atoms with Crippen LogP contribution in [0.5, 0.6) is 23.0 Å². The van der Waals surface area contributed by atoms with Crippen LogP contribution in [-0.2, 0) is 60.7 Å². The third-order valence-electron chi connectivity index (χ3n) is 15.6. The number of ketones is 3. The Hall–Kier alpha value is -8.04. The molecule has 7 amide bonds. The SMILES string of the molecule is COc1cccc2c1C(=O)c1c(O)c3c(c(O)c1C2=O)C[C@@](O)(C(=O)CO)C[C@@H]3O[C@H]1C[C@H](NC(=O)CNC(=O)[C@H](Cc2ccc(O)cc2)NC(=O)[C@H](CC(C)C)NC(=O)CNC(=O)[C@H](CC(C)C)NC(=O)[C@@H]2CCCN2C(C)=O)[C@H](O)[C@H](C)O1. The number of hydrogen-bond donors (Lipinski definition) is 12. The molecule has 12 N–H and O–H groups in total. The van der Waals surface area contributed by atoms with Gasteiger partial charge < -0.3 is 81.7 Å². The third-order valence-corrected chi connectivity index (χ3v) is 15.6. The van der Waals surface area contributed by atoms with Gasteiger partial charge in [0.2, 0.25) is 47.1 Å². The fourth-order valence-electron chi connectivity index (χ4n) is 11.4. The monoisotopic (exact) mass is 1190 g/mol. The second-order valence-electron chi connectivity index (χ2n) is 22.8. The van der Waals surface area contributed by atoms with Crippen molar-refractivity contribution in [3.05, 3.63) is 81.4 Å².